The first kappa shape index (κ1) is 10.4. The summed E-state index contributed by atoms with van der Waals surface area (Å²) < 4.78 is 2.16. The van der Waals surface area contributed by atoms with Gasteiger partial charge in [-0.05, 0) is 44.2 Å². The van der Waals surface area contributed by atoms with Gasteiger partial charge in [-0.2, -0.15) is 0 Å². The zero-order chi connectivity index (χ0) is 11.8. The van der Waals surface area contributed by atoms with Crippen LogP contribution >= 0.6 is 0 Å². The summed E-state index contributed by atoms with van der Waals surface area (Å²) in [6.45, 7) is 2.04. The molecular weight excluding hydrogens is 210 g/mol. The van der Waals surface area contributed by atoms with E-state index >= 15 is 0 Å². The highest BCUT2D eigenvalue weighted by atomic mass is 15.1. The summed E-state index contributed by atoms with van der Waals surface area (Å²) in [6.07, 6.45) is 6.65. The van der Waals surface area contributed by atoms with Crippen molar-refractivity contribution in [2.45, 2.75) is 32.6 Å². The third-order valence-electron chi connectivity index (χ3n) is 3.59. The van der Waals surface area contributed by atoms with E-state index in [1.165, 1.54) is 24.2 Å². The number of imidazole rings is 1. The largest absolute Gasteiger partial charge is 0.397 e. The van der Waals surface area contributed by atoms with E-state index in [0.717, 1.165) is 29.8 Å². The van der Waals surface area contributed by atoms with Crippen LogP contribution in [0, 0.1) is 6.92 Å². The molecule has 0 unspecified atom stereocenters. The van der Waals surface area contributed by atoms with Gasteiger partial charge in [0.2, 0.25) is 0 Å². The quantitative estimate of drug-likeness (QED) is 0.761. The highest BCUT2D eigenvalue weighted by molar-refractivity contribution is 5.63. The van der Waals surface area contributed by atoms with Crippen LogP contribution in [0.4, 0.5) is 5.69 Å². The molecule has 0 amide bonds. The molecule has 3 nitrogen and oxygen atoms in total. The predicted molar refractivity (Wildman–Crippen MR) is 69.4 cm³/mol. The number of hydrogen-bond acceptors (Lipinski definition) is 2. The number of aromatic nitrogens is 2. The van der Waals surface area contributed by atoms with Crippen LogP contribution in [0.15, 0.2) is 24.5 Å². The van der Waals surface area contributed by atoms with E-state index < -0.39 is 0 Å². The van der Waals surface area contributed by atoms with Crippen molar-refractivity contribution in [2.24, 2.45) is 0 Å². The molecule has 88 valence electrons. The van der Waals surface area contributed by atoms with Crippen LogP contribution in [0.2, 0.25) is 0 Å². The first-order valence-electron chi connectivity index (χ1n) is 6.18. The number of nitrogens with zero attached hydrogens (tertiary/aromatic N) is 2. The summed E-state index contributed by atoms with van der Waals surface area (Å²) in [5.41, 5.74) is 11.8. The SMILES string of the molecule is Cc1cccc(-n2cnc3c2CCCC3)c1N. The Morgan fingerprint density at radius 3 is 2.94 bits per heavy atom. The molecule has 0 radical (unpaired) electrons. The van der Waals surface area contributed by atoms with Crippen molar-refractivity contribution < 1.29 is 0 Å². The van der Waals surface area contributed by atoms with Gasteiger partial charge in [0.1, 0.15) is 0 Å². The lowest BCUT2D eigenvalue weighted by atomic mass is 10.0. The van der Waals surface area contributed by atoms with Crippen LogP contribution < -0.4 is 5.73 Å². The van der Waals surface area contributed by atoms with Gasteiger partial charge >= 0.3 is 0 Å². The van der Waals surface area contributed by atoms with Crippen LogP contribution in [0.25, 0.3) is 5.69 Å². The Labute approximate surface area is 101 Å². The molecule has 1 aliphatic rings. The third-order valence-corrected chi connectivity index (χ3v) is 3.59. The molecule has 0 atom stereocenters. The number of nitrogens with two attached hydrogens (primary N) is 1. The Kier molecular flexibility index (Phi) is 2.39. The van der Waals surface area contributed by atoms with Gasteiger partial charge in [0, 0.05) is 5.69 Å². The monoisotopic (exact) mass is 227 g/mol. The van der Waals surface area contributed by atoms with E-state index in [1.54, 1.807) is 0 Å². The number of fused-ring (bicyclic) bond motifs is 1. The van der Waals surface area contributed by atoms with Gasteiger partial charge in [-0.25, -0.2) is 4.98 Å². The van der Waals surface area contributed by atoms with Crippen molar-refractivity contribution in [3.63, 3.8) is 0 Å². The number of hydrogen-bond donors (Lipinski definition) is 1. The summed E-state index contributed by atoms with van der Waals surface area (Å²) in [4.78, 5) is 4.51. The third kappa shape index (κ3) is 1.62. The van der Waals surface area contributed by atoms with Gasteiger partial charge < -0.3 is 10.3 Å². The first-order valence-corrected chi connectivity index (χ1v) is 6.18. The summed E-state index contributed by atoms with van der Waals surface area (Å²) in [5.74, 6) is 0. The maximum absolute atomic E-state index is 6.16. The molecule has 1 heterocycles. The molecule has 0 fully saturated rings. The summed E-state index contributed by atoms with van der Waals surface area (Å²) in [5, 5.41) is 0. The average molecular weight is 227 g/mol. The van der Waals surface area contributed by atoms with Gasteiger partial charge in [0.05, 0.1) is 23.4 Å². The van der Waals surface area contributed by atoms with E-state index in [0.29, 0.717) is 0 Å². The zero-order valence-electron chi connectivity index (χ0n) is 10.1. The van der Waals surface area contributed by atoms with Crippen LogP contribution in [0.1, 0.15) is 29.8 Å². The average Bonchev–Trinajstić information content (AvgIpc) is 2.77. The highest BCUT2D eigenvalue weighted by Gasteiger charge is 2.17. The fraction of sp³-hybridized carbons (Fsp3) is 0.357. The number of anilines is 1. The van der Waals surface area contributed by atoms with E-state index in [1.807, 2.05) is 19.3 Å². The summed E-state index contributed by atoms with van der Waals surface area (Å²) in [7, 11) is 0. The lowest BCUT2D eigenvalue weighted by Crippen LogP contribution is -2.08. The number of aryl methyl sites for hydroxylation is 2. The lowest BCUT2D eigenvalue weighted by Gasteiger charge is -2.16. The Balaban J connectivity index is 2.15. The fourth-order valence-electron chi connectivity index (χ4n) is 2.55. The second kappa shape index (κ2) is 3.91. The minimum Gasteiger partial charge on any atom is -0.397 e. The first-order chi connectivity index (χ1) is 8.27. The number of para-hydroxylation sites is 1. The van der Waals surface area contributed by atoms with E-state index in [9.17, 15) is 0 Å². The number of rotatable bonds is 1. The van der Waals surface area contributed by atoms with E-state index in [-0.39, 0.29) is 0 Å². The van der Waals surface area contributed by atoms with Crippen LogP contribution in [-0.2, 0) is 12.8 Å². The van der Waals surface area contributed by atoms with Gasteiger partial charge in [-0.1, -0.05) is 12.1 Å². The predicted octanol–water partition coefficient (Wildman–Crippen LogP) is 2.64. The standard InChI is InChI=1S/C14H17N3/c1-10-5-4-8-13(14(10)15)17-9-16-11-6-2-3-7-12(11)17/h4-5,8-9H,2-3,6-7,15H2,1H3. The minimum absolute atomic E-state index is 0.860. The molecule has 17 heavy (non-hydrogen) atoms. The fourth-order valence-corrected chi connectivity index (χ4v) is 2.55. The second-order valence-corrected chi connectivity index (χ2v) is 4.72. The molecule has 3 heteroatoms. The highest BCUT2D eigenvalue weighted by Crippen LogP contribution is 2.27. The molecule has 3 rings (SSSR count). The molecule has 0 aliphatic heterocycles. The molecule has 0 saturated carbocycles. The normalized spacial score (nSPS) is 14.6. The van der Waals surface area contributed by atoms with Crippen molar-refractivity contribution >= 4 is 5.69 Å². The Morgan fingerprint density at radius 2 is 2.06 bits per heavy atom. The minimum atomic E-state index is 0.860. The Bertz CT molecular complexity index is 555. The topological polar surface area (TPSA) is 43.8 Å². The van der Waals surface area contributed by atoms with Crippen LogP contribution in [0.5, 0.6) is 0 Å². The lowest BCUT2D eigenvalue weighted by molar-refractivity contribution is 0.656. The van der Waals surface area contributed by atoms with Gasteiger partial charge in [0.25, 0.3) is 0 Å². The van der Waals surface area contributed by atoms with Crippen molar-refractivity contribution in [1.29, 1.82) is 0 Å². The molecule has 1 aromatic heterocycles. The van der Waals surface area contributed by atoms with Crippen LogP contribution in [0.3, 0.4) is 0 Å². The maximum atomic E-state index is 6.16. The molecule has 0 saturated heterocycles. The Morgan fingerprint density at radius 1 is 1.24 bits per heavy atom. The second-order valence-electron chi connectivity index (χ2n) is 4.72. The molecular formula is C14H17N3. The maximum Gasteiger partial charge on any atom is 0.0998 e. The van der Waals surface area contributed by atoms with Crippen molar-refractivity contribution in [2.75, 3.05) is 5.73 Å². The molecule has 0 bridgehead atoms. The summed E-state index contributed by atoms with van der Waals surface area (Å²) in [6, 6.07) is 6.16. The van der Waals surface area contributed by atoms with Crippen LogP contribution in [-0.4, -0.2) is 9.55 Å². The van der Waals surface area contributed by atoms with Crippen molar-refractivity contribution in [1.82, 2.24) is 9.55 Å². The van der Waals surface area contributed by atoms with Gasteiger partial charge in [-0.3, -0.25) is 0 Å². The zero-order valence-corrected chi connectivity index (χ0v) is 10.1. The molecule has 1 aromatic carbocycles. The smallest absolute Gasteiger partial charge is 0.0998 e. The summed E-state index contributed by atoms with van der Waals surface area (Å²) >= 11 is 0. The van der Waals surface area contributed by atoms with Crippen molar-refractivity contribution in [3.05, 3.63) is 41.5 Å². The number of nitrogen functional groups attached to an aromatic ring is 1. The molecule has 0 spiro atoms. The molecule has 2 N–H and O–H groups in total. The molecule has 1 aliphatic carbocycles. The van der Waals surface area contributed by atoms with Gasteiger partial charge in [-0.15, -0.1) is 0 Å². The van der Waals surface area contributed by atoms with E-state index in [4.69, 9.17) is 5.73 Å². The molecule has 2 aromatic rings. The van der Waals surface area contributed by atoms with E-state index in [2.05, 4.69) is 21.7 Å². The Hall–Kier alpha value is -1.77. The number of benzene rings is 1. The van der Waals surface area contributed by atoms with Gasteiger partial charge in [0.15, 0.2) is 0 Å². The van der Waals surface area contributed by atoms with Crippen molar-refractivity contribution in [3.8, 4) is 5.69 Å².